The van der Waals surface area contributed by atoms with Crippen LogP contribution in [0.4, 0.5) is 0 Å². The van der Waals surface area contributed by atoms with E-state index in [1.54, 1.807) is 27.7 Å². The largest absolute Gasteiger partial charge is 0.481 e. The van der Waals surface area contributed by atoms with E-state index >= 15 is 0 Å². The van der Waals surface area contributed by atoms with Crippen molar-refractivity contribution in [2.24, 2.45) is 11.3 Å². The first-order valence-electron chi connectivity index (χ1n) is 4.81. The molecule has 0 fully saturated rings. The SMILES string of the molecule is C=C(C)CNC(=O)C(C(=O)O)C(C)(C)C. The highest BCUT2D eigenvalue weighted by molar-refractivity contribution is 5.97. The van der Waals surface area contributed by atoms with Crippen molar-refractivity contribution in [3.8, 4) is 0 Å². The number of nitrogens with one attached hydrogen (secondary N) is 1. The van der Waals surface area contributed by atoms with Crippen molar-refractivity contribution in [1.29, 1.82) is 0 Å². The molecular formula is C11H19NO3. The molecule has 0 aromatic rings. The average molecular weight is 213 g/mol. The van der Waals surface area contributed by atoms with Gasteiger partial charge < -0.3 is 10.4 Å². The fourth-order valence-corrected chi connectivity index (χ4v) is 1.22. The van der Waals surface area contributed by atoms with Gasteiger partial charge in [0.15, 0.2) is 0 Å². The number of rotatable bonds is 4. The predicted octanol–water partition coefficient (Wildman–Crippen LogP) is 1.43. The van der Waals surface area contributed by atoms with E-state index in [1.165, 1.54) is 0 Å². The fourth-order valence-electron chi connectivity index (χ4n) is 1.22. The standard InChI is InChI=1S/C11H19NO3/c1-7(2)6-12-9(13)8(10(14)15)11(3,4)5/h8H,1,6H2,2-5H3,(H,12,13)(H,14,15). The molecule has 0 radical (unpaired) electrons. The molecule has 0 bridgehead atoms. The summed E-state index contributed by atoms with van der Waals surface area (Å²) in [7, 11) is 0. The lowest BCUT2D eigenvalue weighted by atomic mass is 9.80. The van der Waals surface area contributed by atoms with E-state index in [0.29, 0.717) is 6.54 Å². The van der Waals surface area contributed by atoms with E-state index in [4.69, 9.17) is 5.11 Å². The van der Waals surface area contributed by atoms with Gasteiger partial charge >= 0.3 is 5.97 Å². The first-order valence-corrected chi connectivity index (χ1v) is 4.81. The number of carboxylic acids is 1. The molecule has 0 aliphatic heterocycles. The molecule has 1 unspecified atom stereocenters. The molecular weight excluding hydrogens is 194 g/mol. The van der Waals surface area contributed by atoms with Crippen LogP contribution in [0.1, 0.15) is 27.7 Å². The van der Waals surface area contributed by atoms with Crippen LogP contribution in [-0.4, -0.2) is 23.5 Å². The molecule has 0 saturated carbocycles. The highest BCUT2D eigenvalue weighted by Gasteiger charge is 2.37. The Balaban J connectivity index is 4.59. The molecule has 0 heterocycles. The summed E-state index contributed by atoms with van der Waals surface area (Å²) in [5.74, 6) is -2.59. The van der Waals surface area contributed by atoms with Gasteiger partial charge in [0.05, 0.1) is 0 Å². The lowest BCUT2D eigenvalue weighted by Gasteiger charge is -2.25. The Labute approximate surface area is 90.4 Å². The minimum absolute atomic E-state index is 0.318. The molecule has 0 aromatic heterocycles. The van der Waals surface area contributed by atoms with Gasteiger partial charge in [-0.2, -0.15) is 0 Å². The van der Waals surface area contributed by atoms with E-state index in [-0.39, 0.29) is 0 Å². The highest BCUT2D eigenvalue weighted by atomic mass is 16.4. The normalized spacial score (nSPS) is 13.1. The Morgan fingerprint density at radius 3 is 2.13 bits per heavy atom. The number of aliphatic carboxylic acids is 1. The summed E-state index contributed by atoms with van der Waals surface area (Å²) in [6.45, 7) is 10.9. The third-order valence-electron chi connectivity index (χ3n) is 1.94. The number of hydrogen-bond acceptors (Lipinski definition) is 2. The fraction of sp³-hybridized carbons (Fsp3) is 0.636. The minimum atomic E-state index is -1.10. The minimum Gasteiger partial charge on any atom is -0.481 e. The maximum Gasteiger partial charge on any atom is 0.316 e. The van der Waals surface area contributed by atoms with E-state index in [9.17, 15) is 9.59 Å². The molecule has 2 N–H and O–H groups in total. The zero-order valence-electron chi connectivity index (χ0n) is 9.76. The number of carboxylic acid groups (broad SMARTS) is 1. The second kappa shape index (κ2) is 4.96. The monoisotopic (exact) mass is 213 g/mol. The van der Waals surface area contributed by atoms with E-state index < -0.39 is 23.2 Å². The summed E-state index contributed by atoms with van der Waals surface area (Å²) in [5, 5.41) is 11.5. The summed E-state index contributed by atoms with van der Waals surface area (Å²) >= 11 is 0. The number of carbonyl (C=O) groups excluding carboxylic acids is 1. The number of hydrogen-bond donors (Lipinski definition) is 2. The second-order valence-electron chi connectivity index (χ2n) is 4.81. The Kier molecular flexibility index (Phi) is 4.52. The van der Waals surface area contributed by atoms with Crippen molar-refractivity contribution < 1.29 is 14.7 Å². The first-order chi connectivity index (χ1) is 6.66. The second-order valence-corrected chi connectivity index (χ2v) is 4.81. The number of carbonyl (C=O) groups is 2. The lowest BCUT2D eigenvalue weighted by Crippen LogP contribution is -2.43. The lowest BCUT2D eigenvalue weighted by molar-refractivity contribution is -0.151. The summed E-state index contributed by atoms with van der Waals surface area (Å²) in [5.41, 5.74) is 0.201. The van der Waals surface area contributed by atoms with Gasteiger partial charge in [-0.3, -0.25) is 9.59 Å². The van der Waals surface area contributed by atoms with Crippen LogP contribution in [0.15, 0.2) is 12.2 Å². The topological polar surface area (TPSA) is 66.4 Å². The Morgan fingerprint density at radius 2 is 1.87 bits per heavy atom. The molecule has 0 aromatic carbocycles. The quantitative estimate of drug-likeness (QED) is 0.548. The summed E-state index contributed by atoms with van der Waals surface area (Å²) in [6, 6.07) is 0. The van der Waals surface area contributed by atoms with E-state index in [2.05, 4.69) is 11.9 Å². The van der Waals surface area contributed by atoms with Crippen molar-refractivity contribution >= 4 is 11.9 Å². The zero-order valence-corrected chi connectivity index (χ0v) is 9.76. The zero-order chi connectivity index (χ0) is 12.2. The molecule has 0 aliphatic carbocycles. The van der Waals surface area contributed by atoms with Crippen LogP contribution < -0.4 is 5.32 Å². The Hall–Kier alpha value is -1.32. The van der Waals surface area contributed by atoms with Crippen LogP contribution in [0.5, 0.6) is 0 Å². The molecule has 0 aliphatic rings. The van der Waals surface area contributed by atoms with Gasteiger partial charge in [-0.15, -0.1) is 0 Å². The van der Waals surface area contributed by atoms with Gasteiger partial charge in [-0.05, 0) is 12.3 Å². The Morgan fingerprint density at radius 1 is 1.40 bits per heavy atom. The van der Waals surface area contributed by atoms with Crippen molar-refractivity contribution in [2.45, 2.75) is 27.7 Å². The van der Waals surface area contributed by atoms with Crippen LogP contribution in [-0.2, 0) is 9.59 Å². The summed E-state index contributed by atoms with van der Waals surface area (Å²) in [4.78, 5) is 22.6. The Bertz CT molecular complexity index is 276. The molecule has 15 heavy (non-hydrogen) atoms. The third kappa shape index (κ3) is 4.63. The molecule has 4 heteroatoms. The van der Waals surface area contributed by atoms with Crippen LogP contribution in [0, 0.1) is 11.3 Å². The molecule has 0 rings (SSSR count). The van der Waals surface area contributed by atoms with Gasteiger partial charge in [0, 0.05) is 6.54 Å². The van der Waals surface area contributed by atoms with Crippen LogP contribution >= 0.6 is 0 Å². The molecule has 1 atom stereocenters. The average Bonchev–Trinajstić information content (AvgIpc) is 1.96. The predicted molar refractivity (Wildman–Crippen MR) is 58.4 cm³/mol. The maximum atomic E-state index is 11.6. The van der Waals surface area contributed by atoms with Crippen molar-refractivity contribution in [3.63, 3.8) is 0 Å². The van der Waals surface area contributed by atoms with Crippen LogP contribution in [0.3, 0.4) is 0 Å². The van der Waals surface area contributed by atoms with Gasteiger partial charge in [0.25, 0.3) is 0 Å². The van der Waals surface area contributed by atoms with Gasteiger partial charge in [0.1, 0.15) is 5.92 Å². The first kappa shape index (κ1) is 13.7. The van der Waals surface area contributed by atoms with Gasteiger partial charge in [0.2, 0.25) is 5.91 Å². The maximum absolute atomic E-state index is 11.6. The van der Waals surface area contributed by atoms with Gasteiger partial charge in [-0.25, -0.2) is 0 Å². The molecule has 4 nitrogen and oxygen atoms in total. The number of amides is 1. The smallest absolute Gasteiger partial charge is 0.316 e. The van der Waals surface area contributed by atoms with Crippen molar-refractivity contribution in [2.75, 3.05) is 6.54 Å². The summed E-state index contributed by atoms with van der Waals surface area (Å²) in [6.07, 6.45) is 0. The molecule has 0 saturated heterocycles. The van der Waals surface area contributed by atoms with Crippen molar-refractivity contribution in [3.05, 3.63) is 12.2 Å². The van der Waals surface area contributed by atoms with Gasteiger partial charge in [-0.1, -0.05) is 32.9 Å². The van der Waals surface area contributed by atoms with E-state index in [0.717, 1.165) is 5.57 Å². The van der Waals surface area contributed by atoms with E-state index in [1.807, 2.05) is 0 Å². The summed E-state index contributed by atoms with van der Waals surface area (Å²) < 4.78 is 0. The van der Waals surface area contributed by atoms with Crippen LogP contribution in [0.25, 0.3) is 0 Å². The third-order valence-corrected chi connectivity index (χ3v) is 1.94. The van der Waals surface area contributed by atoms with Crippen molar-refractivity contribution in [1.82, 2.24) is 5.32 Å². The molecule has 1 amide bonds. The molecule has 86 valence electrons. The highest BCUT2D eigenvalue weighted by Crippen LogP contribution is 2.26. The van der Waals surface area contributed by atoms with Crippen LogP contribution in [0.2, 0.25) is 0 Å². The molecule has 0 spiro atoms.